The van der Waals surface area contributed by atoms with Crippen LogP contribution in [0.1, 0.15) is 29.2 Å². The third-order valence-electron chi connectivity index (χ3n) is 6.05. The molecule has 0 unspecified atom stereocenters. The zero-order valence-electron chi connectivity index (χ0n) is 19.4. The monoisotopic (exact) mass is 533 g/mol. The molecule has 3 aromatic rings. The van der Waals surface area contributed by atoms with Crippen molar-refractivity contribution in [2.75, 3.05) is 6.54 Å². The lowest BCUT2D eigenvalue weighted by Gasteiger charge is -2.24. The van der Waals surface area contributed by atoms with Gasteiger partial charge in [0, 0.05) is 23.4 Å². The molecule has 188 valence electrons. The number of ether oxygens (including phenoxy) is 1. The van der Waals surface area contributed by atoms with Crippen LogP contribution in [0, 0.1) is 11.6 Å². The average molecular weight is 534 g/mol. The highest BCUT2D eigenvalue weighted by atomic mass is 35.5. The fourth-order valence-electron chi connectivity index (χ4n) is 4.42. The lowest BCUT2D eigenvalue weighted by atomic mass is 9.91. The topological polar surface area (TPSA) is 66.8 Å². The van der Waals surface area contributed by atoms with Gasteiger partial charge in [-0.15, -0.1) is 0 Å². The number of aliphatic carboxylic acids is 1. The van der Waals surface area contributed by atoms with Crippen LogP contribution in [-0.2, 0) is 35.4 Å². The molecule has 0 spiro atoms. The van der Waals surface area contributed by atoms with E-state index in [0.29, 0.717) is 24.2 Å². The summed E-state index contributed by atoms with van der Waals surface area (Å²) in [6.45, 7) is 1.07. The van der Waals surface area contributed by atoms with E-state index in [9.17, 15) is 23.5 Å². The Hall–Kier alpha value is -3.16. The Morgan fingerprint density at radius 3 is 2.47 bits per heavy atom. The Bertz CT molecular complexity index is 1310. The predicted octanol–water partition coefficient (Wildman–Crippen LogP) is 5.86. The van der Waals surface area contributed by atoms with Gasteiger partial charge in [-0.1, -0.05) is 47.5 Å². The Kier molecular flexibility index (Phi) is 7.52. The second-order valence-electron chi connectivity index (χ2n) is 9.12. The molecule has 0 fully saturated rings. The molecule has 3 aromatic carbocycles. The maximum absolute atomic E-state index is 14.2. The molecule has 4 rings (SSSR count). The van der Waals surface area contributed by atoms with E-state index < -0.39 is 35.7 Å². The van der Waals surface area contributed by atoms with Gasteiger partial charge in [-0.3, -0.25) is 9.59 Å². The Morgan fingerprint density at radius 1 is 1.03 bits per heavy atom. The van der Waals surface area contributed by atoms with Gasteiger partial charge in [-0.25, -0.2) is 8.78 Å². The molecule has 1 N–H and O–H groups in total. The number of halogens is 4. The number of hydrogen-bond acceptors (Lipinski definition) is 3. The minimum atomic E-state index is -1.22. The minimum absolute atomic E-state index is 0.0584. The molecule has 1 atom stereocenters. The fourth-order valence-corrected chi connectivity index (χ4v) is 4.76. The zero-order valence-corrected chi connectivity index (χ0v) is 20.9. The van der Waals surface area contributed by atoms with Gasteiger partial charge in [0.25, 0.3) is 0 Å². The summed E-state index contributed by atoms with van der Waals surface area (Å²) in [7, 11) is 0. The molecule has 0 bridgehead atoms. The Labute approximate surface area is 217 Å². The quantitative estimate of drug-likeness (QED) is 0.393. The molecule has 0 aliphatic carbocycles. The van der Waals surface area contributed by atoms with Crippen molar-refractivity contribution in [2.45, 2.75) is 38.3 Å². The summed E-state index contributed by atoms with van der Waals surface area (Å²) in [5, 5.41) is 9.46. The number of benzene rings is 3. The molecule has 1 aliphatic heterocycles. The highest BCUT2D eigenvalue weighted by molar-refractivity contribution is 6.31. The number of carboxylic acid groups (broad SMARTS) is 1. The number of carbonyl (C=O) groups is 2. The van der Waals surface area contributed by atoms with Gasteiger partial charge in [0.2, 0.25) is 5.91 Å². The third kappa shape index (κ3) is 5.97. The van der Waals surface area contributed by atoms with Gasteiger partial charge in [-0.2, -0.15) is 0 Å². The highest BCUT2D eigenvalue weighted by Gasteiger charge is 2.35. The first-order chi connectivity index (χ1) is 17.0. The first kappa shape index (κ1) is 25.9. The van der Waals surface area contributed by atoms with E-state index in [1.54, 1.807) is 18.2 Å². The number of amides is 1. The van der Waals surface area contributed by atoms with E-state index in [-0.39, 0.29) is 28.6 Å². The molecule has 1 heterocycles. The number of nitrogens with zero attached hydrogens (tertiary/aromatic N) is 1. The summed E-state index contributed by atoms with van der Waals surface area (Å²) in [4.78, 5) is 25.5. The fraction of sp³-hybridized carbons (Fsp3) is 0.259. The molecule has 9 heteroatoms. The molecule has 0 aromatic heterocycles. The Morgan fingerprint density at radius 2 is 1.78 bits per heavy atom. The van der Waals surface area contributed by atoms with Crippen LogP contribution in [0.25, 0.3) is 0 Å². The van der Waals surface area contributed by atoms with Crippen molar-refractivity contribution in [1.29, 1.82) is 0 Å². The number of rotatable bonds is 8. The lowest BCUT2D eigenvalue weighted by Crippen LogP contribution is -2.36. The number of carbonyl (C=O) groups excluding carboxylic acids is 1. The van der Waals surface area contributed by atoms with Crippen LogP contribution in [0.5, 0.6) is 5.75 Å². The smallest absolute Gasteiger partial charge is 0.323 e. The molecular formula is C27H23Cl2F2NO4. The van der Waals surface area contributed by atoms with E-state index in [1.807, 2.05) is 13.0 Å². The maximum atomic E-state index is 14.2. The van der Waals surface area contributed by atoms with Gasteiger partial charge < -0.3 is 14.7 Å². The third-order valence-corrected chi connectivity index (χ3v) is 6.71. The maximum Gasteiger partial charge on any atom is 0.323 e. The first-order valence-electron chi connectivity index (χ1n) is 11.2. The van der Waals surface area contributed by atoms with Crippen LogP contribution < -0.4 is 4.74 Å². The van der Waals surface area contributed by atoms with Gasteiger partial charge in [-0.05, 0) is 53.9 Å². The molecule has 0 saturated carbocycles. The van der Waals surface area contributed by atoms with E-state index in [2.05, 4.69) is 0 Å². The SMILES string of the molecule is C[C@@]1(Cc2ccc(Cl)c(F)c2)Cc2cc(CC(=O)N(CC(=O)O)Cc3c(F)cccc3Cl)ccc2O1. The van der Waals surface area contributed by atoms with Crippen LogP contribution in [0.3, 0.4) is 0 Å². The van der Waals surface area contributed by atoms with Crippen LogP contribution in [-0.4, -0.2) is 34.0 Å². The summed E-state index contributed by atoms with van der Waals surface area (Å²) in [6.07, 6.45) is 0.920. The van der Waals surface area contributed by atoms with E-state index in [0.717, 1.165) is 16.0 Å². The molecule has 0 saturated heterocycles. The molecule has 5 nitrogen and oxygen atoms in total. The van der Waals surface area contributed by atoms with Crippen molar-refractivity contribution >= 4 is 35.1 Å². The van der Waals surface area contributed by atoms with Crippen LogP contribution in [0.15, 0.2) is 54.6 Å². The minimum Gasteiger partial charge on any atom is -0.487 e. The summed E-state index contributed by atoms with van der Waals surface area (Å²) < 4.78 is 34.3. The summed E-state index contributed by atoms with van der Waals surface area (Å²) in [5.41, 5.74) is 1.75. The van der Waals surface area contributed by atoms with Crippen LogP contribution >= 0.6 is 23.2 Å². The largest absolute Gasteiger partial charge is 0.487 e. The van der Waals surface area contributed by atoms with Crippen molar-refractivity contribution in [3.05, 3.63) is 98.5 Å². The van der Waals surface area contributed by atoms with Gasteiger partial charge in [0.1, 0.15) is 29.5 Å². The molecular weight excluding hydrogens is 511 g/mol. The van der Waals surface area contributed by atoms with E-state index >= 15 is 0 Å². The second-order valence-corrected chi connectivity index (χ2v) is 9.93. The predicted molar refractivity (Wildman–Crippen MR) is 132 cm³/mol. The van der Waals surface area contributed by atoms with Crippen molar-refractivity contribution < 1.29 is 28.2 Å². The normalized spacial score (nSPS) is 16.4. The van der Waals surface area contributed by atoms with Crippen LogP contribution in [0.4, 0.5) is 8.78 Å². The highest BCUT2D eigenvalue weighted by Crippen LogP contribution is 2.38. The van der Waals surface area contributed by atoms with Crippen LogP contribution in [0.2, 0.25) is 10.0 Å². The van der Waals surface area contributed by atoms with Crippen molar-refractivity contribution in [3.8, 4) is 5.75 Å². The summed E-state index contributed by atoms with van der Waals surface area (Å²) in [6, 6.07) is 14.1. The lowest BCUT2D eigenvalue weighted by molar-refractivity contribution is -0.144. The number of fused-ring (bicyclic) bond motifs is 1. The zero-order chi connectivity index (χ0) is 26.0. The summed E-state index contributed by atoms with van der Waals surface area (Å²) in [5.74, 6) is -2.12. The van der Waals surface area contributed by atoms with Gasteiger partial charge in [0.05, 0.1) is 18.0 Å². The Balaban J connectivity index is 1.48. The van der Waals surface area contributed by atoms with E-state index in [4.69, 9.17) is 27.9 Å². The molecule has 0 radical (unpaired) electrons. The van der Waals surface area contributed by atoms with E-state index in [1.165, 1.54) is 30.3 Å². The second kappa shape index (κ2) is 10.4. The molecule has 1 amide bonds. The average Bonchev–Trinajstić information content (AvgIpc) is 3.12. The molecule has 36 heavy (non-hydrogen) atoms. The summed E-state index contributed by atoms with van der Waals surface area (Å²) >= 11 is 11.9. The van der Waals surface area contributed by atoms with Crippen molar-refractivity contribution in [3.63, 3.8) is 0 Å². The van der Waals surface area contributed by atoms with Gasteiger partial charge in [0.15, 0.2) is 0 Å². The standard InChI is InChI=1S/C27H23Cl2F2NO4/c1-27(12-17-5-7-21(29)23(31)10-17)13-18-9-16(6-8-24(18)36-27)11-25(33)32(15-26(34)35)14-19-20(28)3-2-4-22(19)30/h2-10H,11-15H2,1H3,(H,34,35)/t27-/m1/s1. The van der Waals surface area contributed by atoms with Gasteiger partial charge >= 0.3 is 5.97 Å². The molecule has 1 aliphatic rings. The van der Waals surface area contributed by atoms with Crippen molar-refractivity contribution in [1.82, 2.24) is 4.90 Å². The number of carboxylic acids is 1. The number of hydrogen-bond donors (Lipinski definition) is 1. The van der Waals surface area contributed by atoms with Crippen molar-refractivity contribution in [2.24, 2.45) is 0 Å². The first-order valence-corrected chi connectivity index (χ1v) is 12.0.